The number of benzene rings is 1. The molecule has 5 nitrogen and oxygen atoms in total. The number of carbonyl (C=O) groups excluding carboxylic acids is 1. The van der Waals surface area contributed by atoms with Crippen molar-refractivity contribution in [3.8, 4) is 0 Å². The fourth-order valence-electron chi connectivity index (χ4n) is 2.12. The van der Waals surface area contributed by atoms with Crippen molar-refractivity contribution in [3.05, 3.63) is 41.6 Å². The van der Waals surface area contributed by atoms with Crippen molar-refractivity contribution < 1.29 is 17.9 Å². The van der Waals surface area contributed by atoms with Crippen LogP contribution in [0.2, 0.25) is 0 Å². The van der Waals surface area contributed by atoms with Gasteiger partial charge in [0.2, 0.25) is 0 Å². The van der Waals surface area contributed by atoms with E-state index in [-0.39, 0.29) is 11.5 Å². The first kappa shape index (κ1) is 14.6. The summed E-state index contributed by atoms with van der Waals surface area (Å²) >= 11 is 0. The first-order valence-electron chi connectivity index (χ1n) is 6.51. The van der Waals surface area contributed by atoms with Gasteiger partial charge in [0.25, 0.3) is 10.0 Å². The van der Waals surface area contributed by atoms with E-state index in [2.05, 4.69) is 4.72 Å². The molecule has 0 radical (unpaired) electrons. The van der Waals surface area contributed by atoms with Crippen LogP contribution >= 0.6 is 0 Å². The summed E-state index contributed by atoms with van der Waals surface area (Å²) in [6.07, 6.45) is 1.84. The fourth-order valence-corrected chi connectivity index (χ4v) is 3.30. The lowest BCUT2D eigenvalue weighted by molar-refractivity contribution is -0.138. The van der Waals surface area contributed by atoms with Crippen LogP contribution in [0.15, 0.2) is 46.5 Å². The summed E-state index contributed by atoms with van der Waals surface area (Å²) in [5, 5.41) is 0. The summed E-state index contributed by atoms with van der Waals surface area (Å²) in [7, 11) is -3.64. The van der Waals surface area contributed by atoms with E-state index in [0.29, 0.717) is 24.1 Å². The molecule has 0 saturated heterocycles. The van der Waals surface area contributed by atoms with Crippen molar-refractivity contribution in [2.75, 3.05) is 6.61 Å². The molecule has 0 unspecified atom stereocenters. The number of sulfonamides is 1. The number of allylic oxidation sites excluding steroid dienone is 1. The molecule has 0 amide bonds. The number of carbonyl (C=O) groups is 1. The van der Waals surface area contributed by atoms with Gasteiger partial charge in [-0.05, 0) is 38.3 Å². The molecule has 1 N–H and O–H groups in total. The largest absolute Gasteiger partial charge is 0.463 e. The van der Waals surface area contributed by atoms with Gasteiger partial charge in [-0.2, -0.15) is 0 Å². The van der Waals surface area contributed by atoms with Crippen molar-refractivity contribution in [2.24, 2.45) is 0 Å². The first-order valence-corrected chi connectivity index (χ1v) is 8.00. The zero-order chi connectivity index (χ0) is 14.6. The molecule has 0 aliphatic heterocycles. The maximum absolute atomic E-state index is 12.2. The molecule has 0 fully saturated rings. The minimum absolute atomic E-state index is 0.183. The summed E-state index contributed by atoms with van der Waals surface area (Å²) in [6, 6.07) is 8.09. The SMILES string of the molecule is CCOC(=O)C1=C(NS(=O)(=O)c2ccccc2)CCC1. The lowest BCUT2D eigenvalue weighted by atomic mass is 10.2. The highest BCUT2D eigenvalue weighted by atomic mass is 32.2. The molecule has 1 aromatic rings. The van der Waals surface area contributed by atoms with Crippen LogP contribution in [0, 0.1) is 0 Å². The molecule has 1 aliphatic carbocycles. The molecule has 0 spiro atoms. The minimum Gasteiger partial charge on any atom is -0.463 e. The predicted molar refractivity (Wildman–Crippen MR) is 74.3 cm³/mol. The van der Waals surface area contributed by atoms with Crippen molar-refractivity contribution in [1.29, 1.82) is 0 Å². The third-order valence-electron chi connectivity index (χ3n) is 3.05. The Morgan fingerprint density at radius 1 is 1.25 bits per heavy atom. The second kappa shape index (κ2) is 6.09. The van der Waals surface area contributed by atoms with E-state index < -0.39 is 16.0 Å². The van der Waals surface area contributed by atoms with Crippen LogP contribution in [0.5, 0.6) is 0 Å². The van der Waals surface area contributed by atoms with Gasteiger partial charge in [0, 0.05) is 5.70 Å². The van der Waals surface area contributed by atoms with Gasteiger partial charge in [-0.1, -0.05) is 18.2 Å². The van der Waals surface area contributed by atoms with Crippen molar-refractivity contribution in [3.63, 3.8) is 0 Å². The second-order valence-corrected chi connectivity index (χ2v) is 6.13. The van der Waals surface area contributed by atoms with Gasteiger partial charge in [-0.15, -0.1) is 0 Å². The number of hydrogen-bond donors (Lipinski definition) is 1. The van der Waals surface area contributed by atoms with Crippen LogP contribution < -0.4 is 4.72 Å². The van der Waals surface area contributed by atoms with Crippen molar-refractivity contribution in [2.45, 2.75) is 31.1 Å². The predicted octanol–water partition coefficient (Wildman–Crippen LogP) is 1.97. The third-order valence-corrected chi connectivity index (χ3v) is 4.46. The Morgan fingerprint density at radius 3 is 2.60 bits per heavy atom. The second-order valence-electron chi connectivity index (χ2n) is 4.45. The molecular formula is C14H17NO4S. The smallest absolute Gasteiger partial charge is 0.335 e. The molecule has 6 heteroatoms. The van der Waals surface area contributed by atoms with Gasteiger partial charge < -0.3 is 4.74 Å². The summed E-state index contributed by atoms with van der Waals surface area (Å²) in [4.78, 5) is 11.9. The zero-order valence-electron chi connectivity index (χ0n) is 11.3. The van der Waals surface area contributed by atoms with Gasteiger partial charge in [0.15, 0.2) is 0 Å². The molecular weight excluding hydrogens is 278 g/mol. The molecule has 1 aliphatic rings. The van der Waals surface area contributed by atoms with Crippen LogP contribution in [-0.4, -0.2) is 21.0 Å². The molecule has 0 aromatic heterocycles. The van der Waals surface area contributed by atoms with E-state index in [9.17, 15) is 13.2 Å². The molecule has 2 rings (SSSR count). The molecule has 0 bridgehead atoms. The quantitative estimate of drug-likeness (QED) is 0.843. The van der Waals surface area contributed by atoms with Gasteiger partial charge in [0.05, 0.1) is 17.1 Å². The van der Waals surface area contributed by atoms with Crippen molar-refractivity contribution in [1.82, 2.24) is 4.72 Å². The Kier molecular flexibility index (Phi) is 4.44. The molecule has 108 valence electrons. The lowest BCUT2D eigenvalue weighted by Gasteiger charge is -2.11. The summed E-state index contributed by atoms with van der Waals surface area (Å²) in [5.74, 6) is -0.434. The number of nitrogens with one attached hydrogen (secondary N) is 1. The number of hydrogen-bond acceptors (Lipinski definition) is 4. The maximum Gasteiger partial charge on any atom is 0.335 e. The molecule has 0 atom stereocenters. The first-order chi connectivity index (χ1) is 9.54. The average Bonchev–Trinajstić information content (AvgIpc) is 2.87. The average molecular weight is 295 g/mol. The van der Waals surface area contributed by atoms with E-state index in [0.717, 1.165) is 6.42 Å². The fraction of sp³-hybridized carbons (Fsp3) is 0.357. The van der Waals surface area contributed by atoms with Crippen molar-refractivity contribution >= 4 is 16.0 Å². The molecule has 0 heterocycles. The van der Waals surface area contributed by atoms with Gasteiger partial charge in [-0.25, -0.2) is 13.2 Å². The van der Waals surface area contributed by atoms with E-state index in [1.807, 2.05) is 0 Å². The summed E-state index contributed by atoms with van der Waals surface area (Å²) in [5.41, 5.74) is 0.888. The Bertz CT molecular complexity index is 620. The van der Waals surface area contributed by atoms with E-state index in [4.69, 9.17) is 4.74 Å². The van der Waals surface area contributed by atoms with Crippen LogP contribution in [-0.2, 0) is 19.6 Å². The Hall–Kier alpha value is -1.82. The monoisotopic (exact) mass is 295 g/mol. The van der Waals surface area contributed by atoms with Crippen LogP contribution in [0.3, 0.4) is 0 Å². The Labute approximate surface area is 118 Å². The van der Waals surface area contributed by atoms with Crippen LogP contribution in [0.25, 0.3) is 0 Å². The number of ether oxygens (including phenoxy) is 1. The summed E-state index contributed by atoms with van der Waals surface area (Å²) in [6.45, 7) is 2.00. The normalized spacial score (nSPS) is 15.2. The lowest BCUT2D eigenvalue weighted by Crippen LogP contribution is -2.24. The maximum atomic E-state index is 12.2. The summed E-state index contributed by atoms with van der Waals surface area (Å²) < 4.78 is 31.9. The highest BCUT2D eigenvalue weighted by Crippen LogP contribution is 2.26. The third kappa shape index (κ3) is 3.19. The minimum atomic E-state index is -3.64. The van der Waals surface area contributed by atoms with E-state index >= 15 is 0 Å². The molecule has 1 aromatic carbocycles. The van der Waals surface area contributed by atoms with E-state index in [1.165, 1.54) is 12.1 Å². The molecule has 20 heavy (non-hydrogen) atoms. The molecule has 0 saturated carbocycles. The van der Waals surface area contributed by atoms with E-state index in [1.54, 1.807) is 25.1 Å². The van der Waals surface area contributed by atoms with Gasteiger partial charge in [-0.3, -0.25) is 4.72 Å². The highest BCUT2D eigenvalue weighted by molar-refractivity contribution is 7.89. The highest BCUT2D eigenvalue weighted by Gasteiger charge is 2.25. The topological polar surface area (TPSA) is 72.5 Å². The van der Waals surface area contributed by atoms with Gasteiger partial charge >= 0.3 is 5.97 Å². The Morgan fingerprint density at radius 2 is 1.95 bits per heavy atom. The standard InChI is InChI=1S/C14H17NO4S/c1-2-19-14(16)12-9-6-10-13(12)15-20(17,18)11-7-4-3-5-8-11/h3-5,7-8,15H,2,6,9-10H2,1H3. The van der Waals surface area contributed by atoms with Gasteiger partial charge in [0.1, 0.15) is 0 Å². The Balaban J connectivity index is 2.24. The zero-order valence-corrected chi connectivity index (χ0v) is 12.1. The number of rotatable bonds is 5. The van der Waals surface area contributed by atoms with Crippen LogP contribution in [0.1, 0.15) is 26.2 Å². The van der Waals surface area contributed by atoms with Crippen LogP contribution in [0.4, 0.5) is 0 Å². The number of esters is 1.